The lowest BCUT2D eigenvalue weighted by Gasteiger charge is -2.31. The fourth-order valence-electron chi connectivity index (χ4n) is 8.45. The summed E-state index contributed by atoms with van der Waals surface area (Å²) in [6.07, 6.45) is 0. The standard InChI is InChI=1S/C56H43N3O/c1-2-60-56-52-30-18-17-29-51(52)55(53-39-41-19-15-16-20-42(41)40-54(53)56)59(49-35-31-47(32-36-49)57(43-21-7-3-8-22-43)44-23-9-4-10-24-44)50-37-33-48(34-38-50)58(45-25-11-5-12-26-45)46-27-13-6-14-28-46/h3-40H,2H2,1H3. The van der Waals surface area contributed by atoms with Crippen LogP contribution >= 0.6 is 0 Å². The Kier molecular flexibility index (Phi) is 9.86. The lowest BCUT2D eigenvalue weighted by Crippen LogP contribution is -2.14. The van der Waals surface area contributed by atoms with Gasteiger partial charge in [0, 0.05) is 67.0 Å². The van der Waals surface area contributed by atoms with E-state index in [0.29, 0.717) is 6.61 Å². The molecule has 288 valence electrons. The Bertz CT molecular complexity index is 2820. The fourth-order valence-corrected chi connectivity index (χ4v) is 8.45. The van der Waals surface area contributed by atoms with E-state index in [1.165, 1.54) is 10.8 Å². The zero-order valence-electron chi connectivity index (χ0n) is 33.4. The Balaban J connectivity index is 1.20. The van der Waals surface area contributed by atoms with Gasteiger partial charge in [-0.2, -0.15) is 0 Å². The highest BCUT2D eigenvalue weighted by Gasteiger charge is 2.24. The van der Waals surface area contributed by atoms with E-state index in [-0.39, 0.29) is 0 Å². The van der Waals surface area contributed by atoms with Crippen LogP contribution in [0.2, 0.25) is 0 Å². The van der Waals surface area contributed by atoms with E-state index in [2.05, 4.69) is 252 Å². The second-order valence-corrected chi connectivity index (χ2v) is 14.8. The summed E-state index contributed by atoms with van der Waals surface area (Å²) < 4.78 is 6.55. The van der Waals surface area contributed by atoms with Crippen molar-refractivity contribution >= 4 is 83.5 Å². The van der Waals surface area contributed by atoms with Gasteiger partial charge in [-0.3, -0.25) is 0 Å². The van der Waals surface area contributed by atoms with Crippen LogP contribution < -0.4 is 19.4 Å². The number of benzene rings is 10. The van der Waals surface area contributed by atoms with Crippen LogP contribution in [-0.2, 0) is 0 Å². The molecular formula is C56H43N3O. The van der Waals surface area contributed by atoms with Gasteiger partial charge in [0.25, 0.3) is 0 Å². The summed E-state index contributed by atoms with van der Waals surface area (Å²) in [4.78, 5) is 7.03. The SMILES string of the molecule is CCOc1c2ccccc2c(N(c2ccc(N(c3ccccc3)c3ccccc3)cc2)c2ccc(N(c3ccccc3)c3ccccc3)cc2)c2cc3ccccc3cc12. The maximum absolute atomic E-state index is 6.55. The summed E-state index contributed by atoms with van der Waals surface area (Å²) >= 11 is 0. The van der Waals surface area contributed by atoms with Crippen molar-refractivity contribution in [1.82, 2.24) is 0 Å². The molecule has 0 radical (unpaired) electrons. The molecule has 0 N–H and O–H groups in total. The van der Waals surface area contributed by atoms with Crippen molar-refractivity contribution < 1.29 is 4.74 Å². The molecule has 0 saturated carbocycles. The Hall–Kier alpha value is -7.82. The Morgan fingerprint density at radius 3 is 1.02 bits per heavy atom. The molecule has 10 aromatic carbocycles. The maximum Gasteiger partial charge on any atom is 0.135 e. The number of hydrogen-bond donors (Lipinski definition) is 0. The molecule has 0 aliphatic rings. The highest BCUT2D eigenvalue weighted by molar-refractivity contribution is 6.20. The molecule has 0 aliphatic heterocycles. The van der Waals surface area contributed by atoms with Crippen LogP contribution in [0.15, 0.2) is 231 Å². The Morgan fingerprint density at radius 1 is 0.300 bits per heavy atom. The van der Waals surface area contributed by atoms with Gasteiger partial charge in [0.15, 0.2) is 0 Å². The lowest BCUT2D eigenvalue weighted by atomic mass is 9.95. The first-order chi connectivity index (χ1) is 29.7. The fraction of sp³-hybridized carbons (Fsp3) is 0.0357. The quantitative estimate of drug-likeness (QED) is 0.122. The smallest absolute Gasteiger partial charge is 0.135 e. The number of nitrogens with zero attached hydrogens (tertiary/aromatic N) is 3. The molecular weight excluding hydrogens is 731 g/mol. The molecule has 4 heteroatoms. The number of rotatable bonds is 11. The summed E-state index contributed by atoms with van der Waals surface area (Å²) in [6.45, 7) is 2.63. The second-order valence-electron chi connectivity index (χ2n) is 14.8. The van der Waals surface area contributed by atoms with Crippen molar-refractivity contribution in [3.8, 4) is 5.75 Å². The van der Waals surface area contributed by atoms with Crippen LogP contribution in [0.5, 0.6) is 5.75 Å². The Labute approximate surface area is 351 Å². The topological polar surface area (TPSA) is 19.0 Å². The van der Waals surface area contributed by atoms with Gasteiger partial charge in [-0.15, -0.1) is 0 Å². The average molecular weight is 774 g/mol. The molecule has 0 bridgehead atoms. The van der Waals surface area contributed by atoms with Crippen molar-refractivity contribution in [2.45, 2.75) is 6.92 Å². The van der Waals surface area contributed by atoms with Gasteiger partial charge < -0.3 is 19.4 Å². The zero-order valence-corrected chi connectivity index (χ0v) is 33.4. The molecule has 10 rings (SSSR count). The number of hydrogen-bond acceptors (Lipinski definition) is 4. The molecule has 0 fully saturated rings. The van der Waals surface area contributed by atoms with E-state index < -0.39 is 0 Å². The lowest BCUT2D eigenvalue weighted by molar-refractivity contribution is 0.348. The second kappa shape index (κ2) is 16.2. The molecule has 0 aliphatic carbocycles. The van der Waals surface area contributed by atoms with Crippen molar-refractivity contribution in [3.63, 3.8) is 0 Å². The minimum Gasteiger partial charge on any atom is -0.493 e. The van der Waals surface area contributed by atoms with E-state index in [9.17, 15) is 0 Å². The van der Waals surface area contributed by atoms with Crippen LogP contribution in [0, 0.1) is 0 Å². The van der Waals surface area contributed by atoms with Gasteiger partial charge in [0.05, 0.1) is 12.3 Å². The summed E-state index contributed by atoms with van der Waals surface area (Å²) in [7, 11) is 0. The molecule has 4 nitrogen and oxygen atoms in total. The summed E-state index contributed by atoms with van der Waals surface area (Å²) in [6, 6.07) is 82.1. The van der Waals surface area contributed by atoms with E-state index in [1.807, 2.05) is 0 Å². The predicted octanol–water partition coefficient (Wildman–Crippen LogP) is 16.0. The van der Waals surface area contributed by atoms with Gasteiger partial charge in [0.2, 0.25) is 0 Å². The van der Waals surface area contributed by atoms with Gasteiger partial charge >= 0.3 is 0 Å². The van der Waals surface area contributed by atoms with Crippen molar-refractivity contribution in [2.75, 3.05) is 21.3 Å². The first-order valence-electron chi connectivity index (χ1n) is 20.6. The number of ether oxygens (including phenoxy) is 1. The molecule has 0 spiro atoms. The van der Waals surface area contributed by atoms with Gasteiger partial charge in [-0.1, -0.05) is 121 Å². The first kappa shape index (κ1) is 36.5. The zero-order chi connectivity index (χ0) is 40.3. The van der Waals surface area contributed by atoms with E-state index >= 15 is 0 Å². The summed E-state index contributed by atoms with van der Waals surface area (Å²) in [5.74, 6) is 0.908. The third-order valence-corrected chi connectivity index (χ3v) is 11.1. The van der Waals surface area contributed by atoms with Crippen LogP contribution in [0.4, 0.5) is 51.2 Å². The first-order valence-corrected chi connectivity index (χ1v) is 20.6. The number of para-hydroxylation sites is 4. The molecule has 10 aromatic rings. The molecule has 0 amide bonds. The predicted molar refractivity (Wildman–Crippen MR) is 254 cm³/mol. The molecule has 0 heterocycles. The van der Waals surface area contributed by atoms with Crippen LogP contribution in [0.25, 0.3) is 32.3 Å². The largest absolute Gasteiger partial charge is 0.493 e. The maximum atomic E-state index is 6.55. The van der Waals surface area contributed by atoms with Crippen LogP contribution in [0.1, 0.15) is 6.92 Å². The van der Waals surface area contributed by atoms with Crippen molar-refractivity contribution in [2.24, 2.45) is 0 Å². The highest BCUT2D eigenvalue weighted by atomic mass is 16.5. The summed E-state index contributed by atoms with van der Waals surface area (Å²) in [5, 5.41) is 6.75. The van der Waals surface area contributed by atoms with Gasteiger partial charge in [-0.25, -0.2) is 0 Å². The normalized spacial score (nSPS) is 11.2. The average Bonchev–Trinajstić information content (AvgIpc) is 3.32. The minimum atomic E-state index is 0.566. The van der Waals surface area contributed by atoms with Gasteiger partial charge in [0.1, 0.15) is 5.75 Å². The van der Waals surface area contributed by atoms with Crippen LogP contribution in [-0.4, -0.2) is 6.61 Å². The summed E-state index contributed by atoms with van der Waals surface area (Å²) in [5.41, 5.74) is 9.71. The molecule has 0 unspecified atom stereocenters. The number of anilines is 9. The molecule has 0 atom stereocenters. The van der Waals surface area contributed by atoms with Crippen molar-refractivity contribution in [1.29, 1.82) is 0 Å². The Morgan fingerprint density at radius 2 is 0.617 bits per heavy atom. The van der Waals surface area contributed by atoms with Gasteiger partial charge in [-0.05, 0) is 127 Å². The third-order valence-electron chi connectivity index (χ3n) is 11.1. The minimum absolute atomic E-state index is 0.566. The monoisotopic (exact) mass is 773 g/mol. The highest BCUT2D eigenvalue weighted by Crippen LogP contribution is 2.50. The van der Waals surface area contributed by atoms with Crippen molar-refractivity contribution in [3.05, 3.63) is 231 Å². The molecule has 0 aromatic heterocycles. The van der Waals surface area contributed by atoms with Crippen LogP contribution in [0.3, 0.4) is 0 Å². The third kappa shape index (κ3) is 6.84. The van der Waals surface area contributed by atoms with E-state index in [4.69, 9.17) is 4.74 Å². The van der Waals surface area contributed by atoms with E-state index in [1.54, 1.807) is 0 Å². The molecule has 0 saturated heterocycles. The van der Waals surface area contributed by atoms with E-state index in [0.717, 1.165) is 78.5 Å². The number of fused-ring (bicyclic) bond motifs is 3. The molecule has 60 heavy (non-hydrogen) atoms.